The summed E-state index contributed by atoms with van der Waals surface area (Å²) < 4.78 is 33.3. The van der Waals surface area contributed by atoms with E-state index in [4.69, 9.17) is 4.42 Å². The molecule has 1 aromatic heterocycles. The minimum Gasteiger partial charge on any atom is -0.464 e. The summed E-state index contributed by atoms with van der Waals surface area (Å²) in [5.74, 6) is 1.88. The van der Waals surface area contributed by atoms with Crippen molar-refractivity contribution in [3.8, 4) is 0 Å². The summed E-state index contributed by atoms with van der Waals surface area (Å²) in [6, 6.07) is 9.99. The smallest absolute Gasteiger partial charge is 0.254 e. The number of benzene rings is 1. The Morgan fingerprint density at radius 1 is 1.18 bits per heavy atom. The number of rotatable bonds is 5. The molecule has 1 aliphatic rings. The molecule has 1 aromatic carbocycles. The summed E-state index contributed by atoms with van der Waals surface area (Å²) in [4.78, 5) is 14.5. The van der Waals surface area contributed by atoms with Gasteiger partial charge < -0.3 is 9.32 Å². The van der Waals surface area contributed by atoms with Crippen LogP contribution in [0.25, 0.3) is 0 Å². The van der Waals surface area contributed by atoms with Gasteiger partial charge in [-0.05, 0) is 55.5 Å². The van der Waals surface area contributed by atoms with Crippen LogP contribution in [0.1, 0.15) is 42.1 Å². The molecule has 7 heteroatoms. The maximum Gasteiger partial charge on any atom is 0.254 e. The van der Waals surface area contributed by atoms with E-state index in [-0.39, 0.29) is 10.8 Å². The topological polar surface area (TPSA) is 70.8 Å². The number of furan rings is 1. The molecule has 6 nitrogen and oxygen atoms in total. The van der Waals surface area contributed by atoms with Gasteiger partial charge >= 0.3 is 0 Å². The number of hydrogen-bond acceptors (Lipinski definition) is 4. The molecule has 0 saturated carbocycles. The lowest BCUT2D eigenvalue weighted by molar-refractivity contribution is 0.0774. The first kappa shape index (κ1) is 20.6. The van der Waals surface area contributed by atoms with Crippen LogP contribution in [0, 0.1) is 18.8 Å². The Morgan fingerprint density at radius 3 is 2.46 bits per heavy atom. The van der Waals surface area contributed by atoms with Gasteiger partial charge in [0.15, 0.2) is 0 Å². The predicted octanol–water partition coefficient (Wildman–Crippen LogP) is 3.53. The van der Waals surface area contributed by atoms with Gasteiger partial charge in [-0.3, -0.25) is 4.79 Å². The van der Waals surface area contributed by atoms with Crippen LogP contribution in [0.2, 0.25) is 0 Å². The van der Waals surface area contributed by atoms with Gasteiger partial charge in [0.05, 0.1) is 11.4 Å². The highest BCUT2D eigenvalue weighted by Crippen LogP contribution is 2.27. The van der Waals surface area contributed by atoms with Crippen LogP contribution in [-0.2, 0) is 16.6 Å². The van der Waals surface area contributed by atoms with E-state index >= 15 is 0 Å². The van der Waals surface area contributed by atoms with Crippen molar-refractivity contribution in [2.45, 2.75) is 38.6 Å². The molecule has 3 rings (SSSR count). The van der Waals surface area contributed by atoms with E-state index in [1.54, 1.807) is 29.6 Å². The average molecular weight is 405 g/mol. The molecule has 2 heterocycles. The third-order valence-electron chi connectivity index (χ3n) is 5.09. The first-order chi connectivity index (χ1) is 13.2. The molecule has 0 spiro atoms. The second kappa shape index (κ2) is 8.09. The van der Waals surface area contributed by atoms with Crippen LogP contribution in [0.3, 0.4) is 0 Å². The normalized spacial score (nSPS) is 20.9. The molecular weight excluding hydrogens is 376 g/mol. The monoisotopic (exact) mass is 404 g/mol. The molecule has 0 N–H and O–H groups in total. The number of carbonyl (C=O) groups is 1. The minimum absolute atomic E-state index is 0.168. The first-order valence-electron chi connectivity index (χ1n) is 9.58. The fourth-order valence-electron chi connectivity index (χ4n) is 3.84. The zero-order valence-electron chi connectivity index (χ0n) is 16.9. The fraction of sp³-hybridized carbons (Fsp3) is 0.476. The van der Waals surface area contributed by atoms with E-state index in [2.05, 4.69) is 13.8 Å². The van der Waals surface area contributed by atoms with Gasteiger partial charge in [-0.2, -0.15) is 4.31 Å². The largest absolute Gasteiger partial charge is 0.464 e. The van der Waals surface area contributed by atoms with E-state index in [0.717, 1.165) is 12.2 Å². The van der Waals surface area contributed by atoms with Gasteiger partial charge in [0.25, 0.3) is 5.91 Å². The van der Waals surface area contributed by atoms with Crippen molar-refractivity contribution >= 4 is 15.9 Å². The van der Waals surface area contributed by atoms with E-state index in [1.165, 1.54) is 11.0 Å². The number of carbonyl (C=O) groups excluding carboxylic acids is 1. The molecule has 1 amide bonds. The molecule has 2 atom stereocenters. The standard InChI is InChI=1S/C21H28N2O4S/c1-15-10-16(2)13-23(12-15)28(25,26)20-7-5-6-18(11-20)21(24)22(4)14-19-9-8-17(3)27-19/h5-9,11,15-16H,10,12-14H2,1-4H3. The molecule has 28 heavy (non-hydrogen) atoms. The molecule has 1 saturated heterocycles. The molecular formula is C21H28N2O4S. The highest BCUT2D eigenvalue weighted by Gasteiger charge is 2.32. The van der Waals surface area contributed by atoms with Gasteiger partial charge in [-0.15, -0.1) is 0 Å². The van der Waals surface area contributed by atoms with Gasteiger partial charge in [0.1, 0.15) is 11.5 Å². The van der Waals surface area contributed by atoms with E-state index in [9.17, 15) is 13.2 Å². The second-order valence-electron chi connectivity index (χ2n) is 7.97. The number of hydrogen-bond donors (Lipinski definition) is 0. The zero-order valence-corrected chi connectivity index (χ0v) is 17.7. The van der Waals surface area contributed by atoms with Crippen molar-refractivity contribution in [1.29, 1.82) is 0 Å². The second-order valence-corrected chi connectivity index (χ2v) is 9.91. The maximum atomic E-state index is 13.1. The Kier molecular flexibility index (Phi) is 5.95. The summed E-state index contributed by atoms with van der Waals surface area (Å²) >= 11 is 0. The average Bonchev–Trinajstić information content (AvgIpc) is 3.05. The molecule has 1 aliphatic heterocycles. The van der Waals surface area contributed by atoms with Crippen LogP contribution in [-0.4, -0.2) is 43.7 Å². The van der Waals surface area contributed by atoms with Crippen LogP contribution in [0.4, 0.5) is 0 Å². The van der Waals surface area contributed by atoms with Crippen LogP contribution < -0.4 is 0 Å². The van der Waals surface area contributed by atoms with E-state index < -0.39 is 10.0 Å². The summed E-state index contributed by atoms with van der Waals surface area (Å²) in [6.45, 7) is 7.35. The van der Waals surface area contributed by atoms with Crippen LogP contribution in [0.5, 0.6) is 0 Å². The molecule has 1 fully saturated rings. The predicted molar refractivity (Wildman–Crippen MR) is 107 cm³/mol. The lowest BCUT2D eigenvalue weighted by Crippen LogP contribution is -2.42. The number of piperidine rings is 1. The number of sulfonamides is 1. The Hall–Kier alpha value is -2.12. The Balaban J connectivity index is 1.80. The molecule has 2 aromatic rings. The van der Waals surface area contributed by atoms with Crippen molar-refractivity contribution in [2.24, 2.45) is 11.8 Å². The highest BCUT2D eigenvalue weighted by molar-refractivity contribution is 7.89. The Labute approximate surface area is 167 Å². The third-order valence-corrected chi connectivity index (χ3v) is 6.92. The fourth-order valence-corrected chi connectivity index (χ4v) is 5.56. The molecule has 2 unspecified atom stereocenters. The SMILES string of the molecule is Cc1ccc(CN(C)C(=O)c2cccc(S(=O)(=O)N3CC(C)CC(C)C3)c2)o1. The van der Waals surface area contributed by atoms with Crippen molar-refractivity contribution in [3.05, 3.63) is 53.5 Å². The highest BCUT2D eigenvalue weighted by atomic mass is 32.2. The Bertz CT molecular complexity index is 941. The lowest BCUT2D eigenvalue weighted by Gasteiger charge is -2.34. The maximum absolute atomic E-state index is 13.1. The summed E-state index contributed by atoms with van der Waals surface area (Å²) in [6.07, 6.45) is 1.03. The molecule has 0 aliphatic carbocycles. The van der Waals surface area contributed by atoms with Gasteiger partial charge in [0, 0.05) is 25.7 Å². The lowest BCUT2D eigenvalue weighted by atomic mass is 9.94. The van der Waals surface area contributed by atoms with Crippen molar-refractivity contribution < 1.29 is 17.6 Å². The van der Waals surface area contributed by atoms with Gasteiger partial charge in [-0.1, -0.05) is 19.9 Å². The summed E-state index contributed by atoms with van der Waals surface area (Å²) in [5, 5.41) is 0. The van der Waals surface area contributed by atoms with E-state index in [1.807, 2.05) is 19.1 Å². The zero-order chi connectivity index (χ0) is 20.5. The number of nitrogens with zero attached hydrogens (tertiary/aromatic N) is 2. The Morgan fingerprint density at radius 2 is 1.86 bits per heavy atom. The van der Waals surface area contributed by atoms with Crippen LogP contribution in [0.15, 0.2) is 45.7 Å². The minimum atomic E-state index is -3.62. The molecule has 0 bridgehead atoms. The van der Waals surface area contributed by atoms with E-state index in [0.29, 0.717) is 42.8 Å². The van der Waals surface area contributed by atoms with Crippen molar-refractivity contribution in [3.63, 3.8) is 0 Å². The summed E-state index contributed by atoms with van der Waals surface area (Å²) in [5.41, 5.74) is 0.352. The van der Waals surface area contributed by atoms with Crippen molar-refractivity contribution in [2.75, 3.05) is 20.1 Å². The first-order valence-corrected chi connectivity index (χ1v) is 11.0. The molecule has 0 radical (unpaired) electrons. The number of amides is 1. The van der Waals surface area contributed by atoms with Crippen LogP contribution >= 0.6 is 0 Å². The number of aryl methyl sites for hydroxylation is 1. The van der Waals surface area contributed by atoms with Crippen molar-refractivity contribution in [1.82, 2.24) is 9.21 Å². The summed E-state index contributed by atoms with van der Waals surface area (Å²) in [7, 11) is -1.95. The quantitative estimate of drug-likeness (QED) is 0.764. The molecule has 152 valence electrons. The third kappa shape index (κ3) is 4.47. The van der Waals surface area contributed by atoms with Gasteiger partial charge in [-0.25, -0.2) is 8.42 Å². The van der Waals surface area contributed by atoms with Gasteiger partial charge in [0.2, 0.25) is 10.0 Å².